The van der Waals surface area contributed by atoms with Crippen molar-refractivity contribution < 1.29 is 22.2 Å². The molecular formula is C32H27ClF3NO2S3. The molecule has 0 fully saturated rings. The molecule has 0 aromatic heterocycles. The average Bonchev–Trinajstić information content (AvgIpc) is 2.99. The molecule has 0 amide bonds. The van der Waals surface area contributed by atoms with Gasteiger partial charge in [-0.25, -0.2) is 4.28 Å². The monoisotopic (exact) mass is 645 g/mol. The zero-order valence-electron chi connectivity index (χ0n) is 22.3. The van der Waals surface area contributed by atoms with Crippen molar-refractivity contribution >= 4 is 63.1 Å². The number of hydrogen-bond acceptors (Lipinski definition) is 5. The van der Waals surface area contributed by atoms with Gasteiger partial charge in [0.1, 0.15) is 5.70 Å². The van der Waals surface area contributed by atoms with Crippen LogP contribution in [-0.4, -0.2) is 22.9 Å². The molecule has 2 atom stereocenters. The SMILES string of the molecule is C=C(c1ccc(Sc2ccc(C(=O)/C(=C/CSc3ccc(Cl)cc3)NOS(=C)C(F)(F)F)cc2)cc1)C1C=CC=CC1. The lowest BCUT2D eigenvalue weighted by Crippen LogP contribution is -2.22. The summed E-state index contributed by atoms with van der Waals surface area (Å²) in [5.74, 6) is 3.08. The summed E-state index contributed by atoms with van der Waals surface area (Å²) in [5, 5.41) is 0.588. The van der Waals surface area contributed by atoms with Crippen LogP contribution in [-0.2, 0) is 4.28 Å². The van der Waals surface area contributed by atoms with E-state index in [1.165, 1.54) is 29.6 Å². The standard InChI is InChI=1S/C32H27ClF3NO2S3/c1-22(23-6-4-3-5-7-23)24-8-14-28(15-9-24)41-29-16-10-25(11-17-29)31(38)30(37-39-42(2)32(34,35)36)20-21-40-27-18-12-26(33)13-19-27/h3-6,8-20,23,37H,1-2,7,21H2/b30-20-. The topological polar surface area (TPSA) is 38.3 Å². The fourth-order valence-corrected chi connectivity index (χ4v) is 5.83. The summed E-state index contributed by atoms with van der Waals surface area (Å²) in [7, 11) is -2.65. The molecule has 3 aromatic carbocycles. The van der Waals surface area contributed by atoms with E-state index in [2.05, 4.69) is 42.2 Å². The second kappa shape index (κ2) is 15.0. The third kappa shape index (κ3) is 9.28. The Kier molecular flexibility index (Phi) is 11.4. The predicted molar refractivity (Wildman–Crippen MR) is 172 cm³/mol. The van der Waals surface area contributed by atoms with Crippen LogP contribution in [0.25, 0.3) is 5.57 Å². The first kappa shape index (κ1) is 32.0. The highest BCUT2D eigenvalue weighted by Gasteiger charge is 2.33. The van der Waals surface area contributed by atoms with Crippen LogP contribution in [0.15, 0.2) is 130 Å². The molecule has 3 aromatic rings. The molecule has 218 valence electrons. The summed E-state index contributed by atoms with van der Waals surface area (Å²) in [6, 6.07) is 22.1. The van der Waals surface area contributed by atoms with Crippen LogP contribution in [0.5, 0.6) is 0 Å². The molecule has 42 heavy (non-hydrogen) atoms. The minimum absolute atomic E-state index is 0.110. The van der Waals surface area contributed by atoms with Gasteiger partial charge in [-0.15, -0.1) is 11.8 Å². The first-order valence-corrected chi connectivity index (χ1v) is 16.2. The normalized spacial score (nSPS) is 15.8. The van der Waals surface area contributed by atoms with Gasteiger partial charge in [-0.3, -0.25) is 10.3 Å². The molecule has 1 N–H and O–H groups in total. The molecule has 1 aliphatic carbocycles. The second-order valence-electron chi connectivity index (χ2n) is 9.02. The number of rotatable bonds is 12. The summed E-state index contributed by atoms with van der Waals surface area (Å²) in [4.78, 5) is 16.0. The number of halogens is 4. The van der Waals surface area contributed by atoms with Crippen LogP contribution >= 0.6 is 45.9 Å². The highest BCUT2D eigenvalue weighted by molar-refractivity contribution is 8.10. The average molecular weight is 646 g/mol. The Morgan fingerprint density at radius 2 is 1.57 bits per heavy atom. The number of nitrogens with one attached hydrogen (secondary N) is 1. The highest BCUT2D eigenvalue weighted by Crippen LogP contribution is 2.36. The lowest BCUT2D eigenvalue weighted by molar-refractivity contribution is -0.0425. The maximum absolute atomic E-state index is 13.2. The Morgan fingerprint density at radius 3 is 2.14 bits per heavy atom. The molecule has 0 radical (unpaired) electrons. The van der Waals surface area contributed by atoms with Crippen LogP contribution in [0, 0.1) is 5.92 Å². The van der Waals surface area contributed by atoms with E-state index in [1.807, 2.05) is 36.4 Å². The first-order valence-electron chi connectivity index (χ1n) is 12.7. The van der Waals surface area contributed by atoms with Crippen molar-refractivity contribution in [1.82, 2.24) is 5.48 Å². The molecular weight excluding hydrogens is 619 g/mol. The summed E-state index contributed by atoms with van der Waals surface area (Å²) >= 11 is 8.84. The van der Waals surface area contributed by atoms with E-state index in [9.17, 15) is 18.0 Å². The molecule has 2 unspecified atom stereocenters. The number of alkyl halides is 3. The lowest BCUT2D eigenvalue weighted by Gasteiger charge is -2.16. The molecule has 10 heteroatoms. The van der Waals surface area contributed by atoms with Crippen molar-refractivity contribution in [1.29, 1.82) is 0 Å². The molecule has 0 saturated heterocycles. The lowest BCUT2D eigenvalue weighted by atomic mass is 9.89. The van der Waals surface area contributed by atoms with Gasteiger partial charge < -0.3 is 0 Å². The molecule has 4 rings (SSSR count). The zero-order valence-corrected chi connectivity index (χ0v) is 25.5. The van der Waals surface area contributed by atoms with Crippen LogP contribution < -0.4 is 5.48 Å². The minimum Gasteiger partial charge on any atom is -0.287 e. The van der Waals surface area contributed by atoms with Crippen molar-refractivity contribution in [3.8, 4) is 0 Å². The van der Waals surface area contributed by atoms with E-state index < -0.39 is 22.1 Å². The summed E-state index contributed by atoms with van der Waals surface area (Å²) < 4.78 is 43.6. The minimum atomic E-state index is -4.66. The quantitative estimate of drug-likeness (QED) is 0.0698. The highest BCUT2D eigenvalue weighted by atomic mass is 35.5. The number of carbonyl (C=O) groups is 1. The number of hydrogen-bond donors (Lipinski definition) is 1. The van der Waals surface area contributed by atoms with Gasteiger partial charge in [-0.05, 0) is 90.2 Å². The largest absolute Gasteiger partial charge is 0.462 e. The van der Waals surface area contributed by atoms with Gasteiger partial charge in [-0.2, -0.15) is 13.2 Å². The van der Waals surface area contributed by atoms with Crippen LogP contribution in [0.4, 0.5) is 13.2 Å². The molecule has 1 aliphatic rings. The number of thioether (sulfide) groups is 1. The van der Waals surface area contributed by atoms with Gasteiger partial charge in [0.15, 0.2) is 0 Å². The fourth-order valence-electron chi connectivity index (χ4n) is 3.83. The third-order valence-corrected chi connectivity index (χ3v) is 9.12. The number of allylic oxidation sites excluding steroid dienone is 6. The van der Waals surface area contributed by atoms with E-state index in [4.69, 9.17) is 15.9 Å². The van der Waals surface area contributed by atoms with Gasteiger partial charge in [-0.1, -0.05) is 66.4 Å². The van der Waals surface area contributed by atoms with E-state index in [0.29, 0.717) is 22.3 Å². The predicted octanol–water partition coefficient (Wildman–Crippen LogP) is 10.2. The summed E-state index contributed by atoms with van der Waals surface area (Å²) in [6.45, 7) is 4.27. The smallest absolute Gasteiger partial charge is 0.287 e. The Morgan fingerprint density at radius 1 is 0.976 bits per heavy atom. The van der Waals surface area contributed by atoms with Crippen molar-refractivity contribution in [2.24, 2.45) is 5.92 Å². The molecule has 3 nitrogen and oxygen atoms in total. The Bertz CT molecular complexity index is 1510. The Labute approximate surface area is 259 Å². The Hall–Kier alpha value is -2.95. The van der Waals surface area contributed by atoms with Gasteiger partial charge in [0.25, 0.3) is 0 Å². The number of carbonyl (C=O) groups excluding carboxylic acids is 1. The fraction of sp³-hybridized carbons (Fsp3) is 0.125. The van der Waals surface area contributed by atoms with Gasteiger partial charge in [0.2, 0.25) is 5.78 Å². The maximum atomic E-state index is 13.2. The van der Waals surface area contributed by atoms with Crippen molar-refractivity contribution in [3.05, 3.63) is 132 Å². The van der Waals surface area contributed by atoms with Crippen molar-refractivity contribution in [2.45, 2.75) is 26.6 Å². The summed E-state index contributed by atoms with van der Waals surface area (Å²) in [5.41, 5.74) is -0.108. The molecule has 0 bridgehead atoms. The van der Waals surface area contributed by atoms with E-state index in [0.717, 1.165) is 32.2 Å². The molecule has 0 heterocycles. The van der Waals surface area contributed by atoms with E-state index >= 15 is 0 Å². The molecule has 0 aliphatic heterocycles. The molecule has 0 spiro atoms. The zero-order chi connectivity index (χ0) is 30.1. The van der Waals surface area contributed by atoms with Gasteiger partial charge >= 0.3 is 5.51 Å². The van der Waals surface area contributed by atoms with E-state index in [-0.39, 0.29) is 5.70 Å². The van der Waals surface area contributed by atoms with Gasteiger partial charge in [0, 0.05) is 36.9 Å². The molecule has 0 saturated carbocycles. The van der Waals surface area contributed by atoms with Crippen molar-refractivity contribution in [3.63, 3.8) is 0 Å². The maximum Gasteiger partial charge on any atom is 0.462 e. The van der Waals surface area contributed by atoms with E-state index in [1.54, 1.807) is 36.4 Å². The van der Waals surface area contributed by atoms with Crippen LogP contribution in [0.2, 0.25) is 5.02 Å². The summed E-state index contributed by atoms with van der Waals surface area (Å²) in [6.07, 6.45) is 10.8. The second-order valence-corrected chi connectivity index (χ2v) is 13.0. The number of Topliss-reactive ketones (excluding diaryl/α,β-unsaturated/α-hetero) is 1. The number of benzene rings is 3. The Balaban J connectivity index is 1.41. The van der Waals surface area contributed by atoms with Crippen LogP contribution in [0.1, 0.15) is 22.3 Å². The number of ketones is 1. The first-order chi connectivity index (χ1) is 20.1. The number of hydroxylamine groups is 1. The van der Waals surface area contributed by atoms with Gasteiger partial charge in [0.05, 0.1) is 10.8 Å². The van der Waals surface area contributed by atoms with Crippen molar-refractivity contribution in [2.75, 3.05) is 5.75 Å². The van der Waals surface area contributed by atoms with Crippen LogP contribution in [0.3, 0.4) is 0 Å². The third-order valence-electron chi connectivity index (χ3n) is 6.11.